The number of ether oxygens (including phenoxy) is 1. The highest BCUT2D eigenvalue weighted by molar-refractivity contribution is 6.31. The number of hydrogen-bond donors (Lipinski definition) is 2. The summed E-state index contributed by atoms with van der Waals surface area (Å²) in [5.74, 6) is 1.15. The second-order valence-electron chi connectivity index (χ2n) is 5.43. The lowest BCUT2D eigenvalue weighted by molar-refractivity contribution is 0.105. The second kappa shape index (κ2) is 6.13. The fourth-order valence-corrected chi connectivity index (χ4v) is 2.83. The molecule has 1 aromatic heterocycles. The number of halogens is 1. The van der Waals surface area contributed by atoms with Gasteiger partial charge >= 0.3 is 0 Å². The van der Waals surface area contributed by atoms with Gasteiger partial charge in [-0.25, -0.2) is 4.98 Å². The van der Waals surface area contributed by atoms with Gasteiger partial charge in [0.15, 0.2) is 0 Å². The van der Waals surface area contributed by atoms with Gasteiger partial charge in [0.05, 0.1) is 23.6 Å². The Kier molecular flexibility index (Phi) is 4.24. The summed E-state index contributed by atoms with van der Waals surface area (Å²) < 4.78 is 5.53. The van der Waals surface area contributed by atoms with Crippen LogP contribution in [0.1, 0.15) is 19.2 Å². The quantitative estimate of drug-likeness (QED) is 0.907. The zero-order valence-corrected chi connectivity index (χ0v) is 12.6. The molecular weight excluding hydrogens is 290 g/mol. The van der Waals surface area contributed by atoms with Crippen molar-refractivity contribution in [2.75, 3.05) is 13.2 Å². The molecule has 0 bridgehead atoms. The largest absolute Gasteiger partial charge is 0.378 e. The van der Waals surface area contributed by atoms with E-state index in [1.165, 1.54) is 0 Å². The van der Waals surface area contributed by atoms with E-state index in [0.29, 0.717) is 40.3 Å². The van der Waals surface area contributed by atoms with Crippen LogP contribution >= 0.6 is 11.6 Å². The van der Waals surface area contributed by atoms with Gasteiger partial charge in [-0.15, -0.1) is 0 Å². The van der Waals surface area contributed by atoms with Crippen molar-refractivity contribution < 1.29 is 4.74 Å². The summed E-state index contributed by atoms with van der Waals surface area (Å²) in [6.45, 7) is 4.31. The first kappa shape index (κ1) is 14.5. The lowest BCUT2D eigenvalue weighted by Crippen LogP contribution is -2.28. The van der Waals surface area contributed by atoms with Crippen LogP contribution in [0.3, 0.4) is 0 Å². The van der Waals surface area contributed by atoms with Gasteiger partial charge in [0, 0.05) is 18.2 Å². The molecule has 1 aromatic carbocycles. The fourth-order valence-electron chi connectivity index (χ4n) is 2.66. The van der Waals surface area contributed by atoms with Crippen LogP contribution in [0.2, 0.25) is 5.02 Å². The molecule has 0 spiro atoms. The van der Waals surface area contributed by atoms with Gasteiger partial charge in [-0.2, -0.15) is 0 Å². The Bertz CT molecular complexity index is 701. The van der Waals surface area contributed by atoms with E-state index >= 15 is 0 Å². The van der Waals surface area contributed by atoms with E-state index in [-0.39, 0.29) is 5.56 Å². The average Bonchev–Trinajstić information content (AvgIpc) is 2.84. The van der Waals surface area contributed by atoms with Crippen LogP contribution < -0.4 is 10.9 Å². The molecule has 2 atom stereocenters. The van der Waals surface area contributed by atoms with Crippen molar-refractivity contribution in [1.29, 1.82) is 0 Å². The van der Waals surface area contributed by atoms with E-state index in [1.807, 2.05) is 0 Å². The van der Waals surface area contributed by atoms with E-state index in [4.69, 9.17) is 16.3 Å². The maximum absolute atomic E-state index is 12.0. The highest BCUT2D eigenvalue weighted by Crippen LogP contribution is 2.19. The lowest BCUT2D eigenvalue weighted by Gasteiger charge is -2.14. The van der Waals surface area contributed by atoms with Crippen molar-refractivity contribution in [3.63, 3.8) is 0 Å². The molecule has 6 heteroatoms. The molecule has 1 aliphatic heterocycles. The average molecular weight is 308 g/mol. The van der Waals surface area contributed by atoms with Crippen LogP contribution in [-0.2, 0) is 11.3 Å². The highest BCUT2D eigenvalue weighted by Gasteiger charge is 2.23. The number of nitrogens with zero attached hydrogens (tertiary/aromatic N) is 1. The van der Waals surface area contributed by atoms with Crippen molar-refractivity contribution in [2.45, 2.75) is 26.0 Å². The molecule has 0 saturated carbocycles. The number of H-pyrrole nitrogens is 1. The predicted octanol–water partition coefficient (Wildman–Crippen LogP) is 2.09. The van der Waals surface area contributed by atoms with Crippen molar-refractivity contribution in [1.82, 2.24) is 15.3 Å². The van der Waals surface area contributed by atoms with Gasteiger partial charge in [0.1, 0.15) is 5.82 Å². The SMILES string of the molecule is CC1OCCC1CNCc1nc2cc(Cl)ccc2c(=O)[nH]1. The first-order valence-corrected chi connectivity index (χ1v) is 7.52. The molecule has 1 fully saturated rings. The Hall–Kier alpha value is -1.43. The molecule has 3 rings (SSSR count). The van der Waals surface area contributed by atoms with Gasteiger partial charge in [-0.3, -0.25) is 4.79 Å². The summed E-state index contributed by atoms with van der Waals surface area (Å²) in [6, 6.07) is 5.10. The van der Waals surface area contributed by atoms with Crippen LogP contribution in [0, 0.1) is 5.92 Å². The van der Waals surface area contributed by atoms with Crippen LogP contribution in [0.4, 0.5) is 0 Å². The van der Waals surface area contributed by atoms with E-state index in [9.17, 15) is 4.79 Å². The van der Waals surface area contributed by atoms with E-state index in [0.717, 1.165) is 19.6 Å². The Morgan fingerprint density at radius 2 is 2.38 bits per heavy atom. The van der Waals surface area contributed by atoms with Crippen molar-refractivity contribution in [3.8, 4) is 0 Å². The van der Waals surface area contributed by atoms with Crippen molar-refractivity contribution in [2.24, 2.45) is 5.92 Å². The van der Waals surface area contributed by atoms with Gasteiger partial charge in [0.2, 0.25) is 0 Å². The summed E-state index contributed by atoms with van der Waals surface area (Å²) in [4.78, 5) is 19.2. The molecule has 2 aromatic rings. The number of aromatic nitrogens is 2. The number of benzene rings is 1. The van der Waals surface area contributed by atoms with Gasteiger partial charge in [0.25, 0.3) is 5.56 Å². The van der Waals surface area contributed by atoms with Crippen molar-refractivity contribution >= 4 is 22.5 Å². The third-order valence-electron chi connectivity index (χ3n) is 3.95. The van der Waals surface area contributed by atoms with E-state index in [2.05, 4.69) is 22.2 Å². The number of aromatic amines is 1. The molecule has 21 heavy (non-hydrogen) atoms. The summed E-state index contributed by atoms with van der Waals surface area (Å²) in [5, 5.41) is 4.47. The monoisotopic (exact) mass is 307 g/mol. The first-order chi connectivity index (χ1) is 10.1. The Balaban J connectivity index is 1.70. The molecule has 1 saturated heterocycles. The number of rotatable bonds is 4. The molecule has 0 aliphatic carbocycles. The second-order valence-corrected chi connectivity index (χ2v) is 5.87. The summed E-state index contributed by atoms with van der Waals surface area (Å²) in [7, 11) is 0. The molecule has 2 heterocycles. The molecular formula is C15H18ClN3O2. The minimum atomic E-state index is -0.133. The highest BCUT2D eigenvalue weighted by atomic mass is 35.5. The molecule has 0 amide bonds. The zero-order valence-electron chi connectivity index (χ0n) is 11.9. The van der Waals surface area contributed by atoms with Crippen LogP contribution in [0.5, 0.6) is 0 Å². The Labute approximate surface area is 127 Å². The molecule has 112 valence electrons. The summed E-state index contributed by atoms with van der Waals surface area (Å²) in [6.07, 6.45) is 1.37. The third-order valence-corrected chi connectivity index (χ3v) is 4.18. The number of hydrogen-bond acceptors (Lipinski definition) is 4. The van der Waals surface area contributed by atoms with E-state index in [1.54, 1.807) is 18.2 Å². The minimum Gasteiger partial charge on any atom is -0.378 e. The maximum atomic E-state index is 12.0. The Morgan fingerprint density at radius 3 is 3.14 bits per heavy atom. The van der Waals surface area contributed by atoms with Crippen molar-refractivity contribution in [3.05, 3.63) is 39.4 Å². The van der Waals surface area contributed by atoms with Crippen LogP contribution in [0.15, 0.2) is 23.0 Å². The lowest BCUT2D eigenvalue weighted by atomic mass is 10.0. The molecule has 0 radical (unpaired) electrons. The molecule has 5 nitrogen and oxygen atoms in total. The minimum absolute atomic E-state index is 0.133. The standard InChI is InChI=1S/C15H18ClN3O2/c1-9-10(4-5-21-9)7-17-8-14-18-13-6-11(16)2-3-12(13)15(20)19-14/h2-3,6,9-10,17H,4-5,7-8H2,1H3,(H,18,19,20). The molecule has 2 N–H and O–H groups in total. The van der Waals surface area contributed by atoms with Crippen LogP contribution in [-0.4, -0.2) is 29.2 Å². The number of nitrogens with one attached hydrogen (secondary N) is 2. The third kappa shape index (κ3) is 3.26. The van der Waals surface area contributed by atoms with Gasteiger partial charge in [-0.05, 0) is 37.5 Å². The topological polar surface area (TPSA) is 67.0 Å². The molecule has 1 aliphatic rings. The summed E-state index contributed by atoms with van der Waals surface area (Å²) >= 11 is 5.95. The Morgan fingerprint density at radius 1 is 1.52 bits per heavy atom. The smallest absolute Gasteiger partial charge is 0.258 e. The van der Waals surface area contributed by atoms with Gasteiger partial charge in [-0.1, -0.05) is 11.6 Å². The first-order valence-electron chi connectivity index (χ1n) is 7.14. The maximum Gasteiger partial charge on any atom is 0.258 e. The van der Waals surface area contributed by atoms with Gasteiger partial charge < -0.3 is 15.0 Å². The predicted molar refractivity (Wildman–Crippen MR) is 82.6 cm³/mol. The molecule has 2 unspecified atom stereocenters. The van der Waals surface area contributed by atoms with E-state index < -0.39 is 0 Å². The zero-order chi connectivity index (χ0) is 14.8. The fraction of sp³-hybridized carbons (Fsp3) is 0.467. The normalized spacial score (nSPS) is 22.0. The number of fused-ring (bicyclic) bond motifs is 1. The summed E-state index contributed by atoms with van der Waals surface area (Å²) in [5.41, 5.74) is 0.492. The van der Waals surface area contributed by atoms with Crippen LogP contribution in [0.25, 0.3) is 10.9 Å².